The van der Waals surface area contributed by atoms with Crippen LogP contribution >= 0.6 is 0 Å². The number of rotatable bonds is 4. The van der Waals surface area contributed by atoms with Crippen LogP contribution in [0.1, 0.15) is 64.1 Å². The molecule has 2 rings (SSSR count). The Labute approximate surface area is 114 Å². The number of nitrogens with zero attached hydrogens (tertiary/aromatic N) is 2. The number of hydrogen-bond donors (Lipinski definition) is 1. The molecule has 0 saturated heterocycles. The van der Waals surface area contributed by atoms with Crippen molar-refractivity contribution in [3.63, 3.8) is 0 Å². The Bertz CT molecular complexity index is 407. The van der Waals surface area contributed by atoms with Gasteiger partial charge in [-0.25, -0.2) is 0 Å². The minimum atomic E-state index is -0.526. The topological polar surface area (TPSA) is 74.2 Å². The van der Waals surface area contributed by atoms with Gasteiger partial charge < -0.3 is 15.0 Å². The van der Waals surface area contributed by atoms with Gasteiger partial charge in [0, 0.05) is 13.7 Å². The summed E-state index contributed by atoms with van der Waals surface area (Å²) in [5.41, 5.74) is 5.37. The molecule has 0 unspecified atom stereocenters. The SMILES string of the molecule is COC(C)(C)c1noc(C2(CN)CCCCCC2)n1. The van der Waals surface area contributed by atoms with E-state index in [1.54, 1.807) is 7.11 Å². The molecule has 0 atom stereocenters. The molecule has 5 heteroatoms. The molecule has 0 aromatic carbocycles. The zero-order valence-corrected chi connectivity index (χ0v) is 12.2. The molecule has 2 N–H and O–H groups in total. The summed E-state index contributed by atoms with van der Waals surface area (Å²) in [5, 5.41) is 4.09. The van der Waals surface area contributed by atoms with Gasteiger partial charge in [0.2, 0.25) is 11.7 Å². The first-order valence-corrected chi connectivity index (χ1v) is 7.14. The highest BCUT2D eigenvalue weighted by Gasteiger charge is 2.38. The molecule has 1 heterocycles. The van der Waals surface area contributed by atoms with Gasteiger partial charge in [0.1, 0.15) is 5.60 Å². The minimum absolute atomic E-state index is 0.133. The van der Waals surface area contributed by atoms with E-state index in [0.29, 0.717) is 18.3 Å². The van der Waals surface area contributed by atoms with Crippen molar-refractivity contribution in [2.75, 3.05) is 13.7 Å². The first kappa shape index (κ1) is 14.5. The fourth-order valence-electron chi connectivity index (χ4n) is 2.69. The Morgan fingerprint density at radius 1 is 1.26 bits per heavy atom. The second-order valence-electron chi connectivity index (χ2n) is 6.04. The molecule has 0 amide bonds. The first-order valence-electron chi connectivity index (χ1n) is 7.14. The van der Waals surface area contributed by atoms with Crippen LogP contribution in [0, 0.1) is 0 Å². The number of hydrogen-bond acceptors (Lipinski definition) is 5. The molecule has 0 bridgehead atoms. The zero-order chi connectivity index (χ0) is 13.9. The van der Waals surface area contributed by atoms with Gasteiger partial charge in [0.25, 0.3) is 0 Å². The van der Waals surface area contributed by atoms with Crippen LogP contribution in [0.4, 0.5) is 0 Å². The van der Waals surface area contributed by atoms with Crippen LogP contribution in [-0.4, -0.2) is 23.8 Å². The summed E-state index contributed by atoms with van der Waals surface area (Å²) >= 11 is 0. The van der Waals surface area contributed by atoms with E-state index in [1.165, 1.54) is 25.7 Å². The van der Waals surface area contributed by atoms with Crippen LogP contribution in [0.3, 0.4) is 0 Å². The zero-order valence-electron chi connectivity index (χ0n) is 12.2. The van der Waals surface area contributed by atoms with Crippen molar-refractivity contribution >= 4 is 0 Å². The van der Waals surface area contributed by atoms with Gasteiger partial charge in [-0.1, -0.05) is 30.8 Å². The molecule has 108 valence electrons. The van der Waals surface area contributed by atoms with E-state index < -0.39 is 5.60 Å². The lowest BCUT2D eigenvalue weighted by atomic mass is 9.80. The summed E-state index contributed by atoms with van der Waals surface area (Å²) in [6.45, 7) is 4.44. The molecule has 1 aliphatic rings. The van der Waals surface area contributed by atoms with Crippen LogP contribution in [0.5, 0.6) is 0 Å². The molecule has 5 nitrogen and oxygen atoms in total. The number of nitrogens with two attached hydrogens (primary N) is 1. The summed E-state index contributed by atoms with van der Waals surface area (Å²) in [4.78, 5) is 4.58. The highest BCUT2D eigenvalue weighted by Crippen LogP contribution is 2.37. The Morgan fingerprint density at radius 3 is 2.42 bits per heavy atom. The molecule has 19 heavy (non-hydrogen) atoms. The van der Waals surface area contributed by atoms with Gasteiger partial charge in [-0.05, 0) is 26.7 Å². The fourth-order valence-corrected chi connectivity index (χ4v) is 2.69. The monoisotopic (exact) mass is 267 g/mol. The van der Waals surface area contributed by atoms with E-state index in [1.807, 2.05) is 13.8 Å². The lowest BCUT2D eigenvalue weighted by molar-refractivity contribution is 0.00973. The summed E-state index contributed by atoms with van der Waals surface area (Å²) in [7, 11) is 1.65. The summed E-state index contributed by atoms with van der Waals surface area (Å²) < 4.78 is 10.9. The van der Waals surface area contributed by atoms with Crippen molar-refractivity contribution in [1.82, 2.24) is 10.1 Å². The Hall–Kier alpha value is -0.940. The third-order valence-corrected chi connectivity index (χ3v) is 4.38. The predicted octanol–water partition coefficient (Wildman–Crippen LogP) is 2.50. The Kier molecular flexibility index (Phi) is 4.26. The van der Waals surface area contributed by atoms with Crippen molar-refractivity contribution in [3.05, 3.63) is 11.7 Å². The molecular formula is C14H25N3O2. The van der Waals surface area contributed by atoms with Crippen LogP contribution < -0.4 is 5.73 Å². The normalized spacial score (nSPS) is 20.2. The lowest BCUT2D eigenvalue weighted by Crippen LogP contribution is -2.35. The first-order chi connectivity index (χ1) is 9.04. The summed E-state index contributed by atoms with van der Waals surface area (Å²) in [5.74, 6) is 1.29. The van der Waals surface area contributed by atoms with Crippen LogP contribution in [-0.2, 0) is 15.8 Å². The van der Waals surface area contributed by atoms with Gasteiger partial charge in [-0.2, -0.15) is 4.98 Å². The minimum Gasteiger partial charge on any atom is -0.371 e. The standard InChI is InChI=1S/C14H25N3O2/c1-13(2,18-3)11-16-12(19-17-11)14(10-15)8-6-4-5-7-9-14/h4-10,15H2,1-3H3. The second-order valence-corrected chi connectivity index (χ2v) is 6.04. The molecule has 1 aromatic heterocycles. The van der Waals surface area contributed by atoms with Crippen LogP contribution in [0.25, 0.3) is 0 Å². The number of aromatic nitrogens is 2. The van der Waals surface area contributed by atoms with Crippen molar-refractivity contribution in [3.8, 4) is 0 Å². The molecule has 1 aromatic rings. The van der Waals surface area contributed by atoms with Crippen molar-refractivity contribution in [1.29, 1.82) is 0 Å². The molecule has 1 aliphatic carbocycles. The van der Waals surface area contributed by atoms with Crippen LogP contribution in [0.2, 0.25) is 0 Å². The van der Waals surface area contributed by atoms with Gasteiger partial charge in [-0.3, -0.25) is 0 Å². The van der Waals surface area contributed by atoms with Gasteiger partial charge in [0.05, 0.1) is 5.41 Å². The Morgan fingerprint density at radius 2 is 1.89 bits per heavy atom. The molecule has 0 aliphatic heterocycles. The lowest BCUT2D eigenvalue weighted by Gasteiger charge is -2.26. The smallest absolute Gasteiger partial charge is 0.234 e. The maximum Gasteiger partial charge on any atom is 0.234 e. The quantitative estimate of drug-likeness (QED) is 0.848. The molecule has 0 radical (unpaired) electrons. The summed E-state index contributed by atoms with van der Waals surface area (Å²) in [6.07, 6.45) is 6.99. The van der Waals surface area contributed by atoms with Gasteiger partial charge >= 0.3 is 0 Å². The van der Waals surface area contributed by atoms with Gasteiger partial charge in [0.15, 0.2) is 0 Å². The number of ether oxygens (including phenoxy) is 1. The predicted molar refractivity (Wildman–Crippen MR) is 72.8 cm³/mol. The third kappa shape index (κ3) is 2.82. The molecule has 1 saturated carbocycles. The molecule has 0 spiro atoms. The summed E-state index contributed by atoms with van der Waals surface area (Å²) in [6, 6.07) is 0. The molecular weight excluding hydrogens is 242 g/mol. The van der Waals surface area contributed by atoms with E-state index in [4.69, 9.17) is 15.0 Å². The highest BCUT2D eigenvalue weighted by molar-refractivity contribution is 5.09. The van der Waals surface area contributed by atoms with E-state index >= 15 is 0 Å². The average Bonchev–Trinajstić information content (AvgIpc) is 2.80. The highest BCUT2D eigenvalue weighted by atomic mass is 16.5. The fraction of sp³-hybridized carbons (Fsp3) is 0.857. The Balaban J connectivity index is 2.28. The second kappa shape index (κ2) is 5.59. The van der Waals surface area contributed by atoms with Crippen molar-refractivity contribution < 1.29 is 9.26 Å². The van der Waals surface area contributed by atoms with Gasteiger partial charge in [-0.15, -0.1) is 0 Å². The maximum atomic E-state index is 6.03. The largest absolute Gasteiger partial charge is 0.371 e. The van der Waals surface area contributed by atoms with E-state index in [9.17, 15) is 0 Å². The van der Waals surface area contributed by atoms with Crippen LogP contribution in [0.15, 0.2) is 4.52 Å². The van der Waals surface area contributed by atoms with Crippen molar-refractivity contribution in [2.45, 2.75) is 63.4 Å². The van der Waals surface area contributed by atoms with E-state index in [-0.39, 0.29) is 5.41 Å². The third-order valence-electron chi connectivity index (χ3n) is 4.38. The van der Waals surface area contributed by atoms with E-state index in [2.05, 4.69) is 10.1 Å². The molecule has 1 fully saturated rings. The van der Waals surface area contributed by atoms with E-state index in [0.717, 1.165) is 12.8 Å². The average molecular weight is 267 g/mol. The number of methoxy groups -OCH3 is 1. The van der Waals surface area contributed by atoms with Crippen molar-refractivity contribution in [2.24, 2.45) is 5.73 Å². The maximum absolute atomic E-state index is 6.03.